The summed E-state index contributed by atoms with van der Waals surface area (Å²) in [6.45, 7) is 5.56. The van der Waals surface area contributed by atoms with Gasteiger partial charge in [-0.15, -0.1) is 0 Å². The van der Waals surface area contributed by atoms with Crippen LogP contribution in [0.2, 0.25) is 0 Å². The minimum atomic E-state index is -0.474. The van der Waals surface area contributed by atoms with Crippen LogP contribution < -0.4 is 4.74 Å². The number of nitrogens with zero attached hydrogens (tertiary/aromatic N) is 1. The summed E-state index contributed by atoms with van der Waals surface area (Å²) in [4.78, 5) is 3.81. The molecule has 5 heteroatoms. The summed E-state index contributed by atoms with van der Waals surface area (Å²) in [5.74, 6) is 0.0251. The van der Waals surface area contributed by atoms with Crippen LogP contribution >= 0.6 is 15.9 Å². The van der Waals surface area contributed by atoms with Crippen molar-refractivity contribution in [3.05, 3.63) is 22.6 Å². The number of hydrogen-bond donors (Lipinski definition) is 0. The Labute approximate surface area is 103 Å². The molecule has 90 valence electrons. The smallest absolute Gasteiger partial charge is 0.250 e. The van der Waals surface area contributed by atoms with Crippen molar-refractivity contribution in [2.45, 2.75) is 13.8 Å². The Hall–Kier alpha value is -0.680. The van der Waals surface area contributed by atoms with Gasteiger partial charge < -0.3 is 9.47 Å². The molecule has 1 heterocycles. The number of hydrogen-bond acceptors (Lipinski definition) is 3. The molecule has 0 fully saturated rings. The number of pyridine rings is 1. The highest BCUT2D eigenvalue weighted by Gasteiger charge is 2.05. The van der Waals surface area contributed by atoms with Gasteiger partial charge in [0.1, 0.15) is 6.61 Å². The maximum absolute atomic E-state index is 13.2. The first-order valence-electron chi connectivity index (χ1n) is 5.11. The largest absolute Gasteiger partial charge is 0.473 e. The molecule has 0 aromatic carbocycles. The zero-order chi connectivity index (χ0) is 12.0. The van der Waals surface area contributed by atoms with Gasteiger partial charge in [-0.05, 0) is 27.9 Å². The Bertz CT molecular complexity index is 334. The first kappa shape index (κ1) is 13.4. The quantitative estimate of drug-likeness (QED) is 0.755. The predicted octanol–water partition coefficient (Wildman–Crippen LogP) is 3.03. The monoisotopic (exact) mass is 291 g/mol. The topological polar surface area (TPSA) is 31.4 Å². The van der Waals surface area contributed by atoms with E-state index >= 15 is 0 Å². The van der Waals surface area contributed by atoms with Gasteiger partial charge in [0.05, 0.1) is 6.61 Å². The Morgan fingerprint density at radius 2 is 2.19 bits per heavy atom. The molecule has 0 bridgehead atoms. The van der Waals surface area contributed by atoms with E-state index in [9.17, 15) is 4.39 Å². The van der Waals surface area contributed by atoms with Gasteiger partial charge in [0.2, 0.25) is 0 Å². The van der Waals surface area contributed by atoms with Crippen molar-refractivity contribution in [3.8, 4) is 5.88 Å². The molecular formula is C11H15BrFNO2. The molecule has 0 aliphatic rings. The van der Waals surface area contributed by atoms with Crippen molar-refractivity contribution >= 4 is 15.9 Å². The highest BCUT2D eigenvalue weighted by Crippen LogP contribution is 2.17. The van der Waals surface area contributed by atoms with E-state index in [0.717, 1.165) is 0 Å². The number of ether oxygens (including phenoxy) is 2. The van der Waals surface area contributed by atoms with Crippen molar-refractivity contribution in [2.24, 2.45) is 5.92 Å². The van der Waals surface area contributed by atoms with Gasteiger partial charge in [-0.25, -0.2) is 9.37 Å². The lowest BCUT2D eigenvalue weighted by atomic mass is 10.2. The van der Waals surface area contributed by atoms with E-state index in [-0.39, 0.29) is 5.88 Å². The van der Waals surface area contributed by atoms with Crippen LogP contribution in [0.25, 0.3) is 0 Å². The second-order valence-corrected chi connectivity index (χ2v) is 4.67. The molecule has 0 amide bonds. The van der Waals surface area contributed by atoms with Crippen molar-refractivity contribution in [3.63, 3.8) is 0 Å². The van der Waals surface area contributed by atoms with Crippen LogP contribution in [0.1, 0.15) is 13.8 Å². The molecule has 0 N–H and O–H groups in total. The molecule has 3 nitrogen and oxygen atoms in total. The van der Waals surface area contributed by atoms with Gasteiger partial charge in [0.15, 0.2) is 5.82 Å². The molecule has 0 radical (unpaired) electrons. The van der Waals surface area contributed by atoms with Crippen LogP contribution in [-0.2, 0) is 4.74 Å². The Morgan fingerprint density at radius 1 is 1.44 bits per heavy atom. The van der Waals surface area contributed by atoms with Crippen LogP contribution in [0.4, 0.5) is 4.39 Å². The van der Waals surface area contributed by atoms with Gasteiger partial charge in [-0.2, -0.15) is 0 Å². The zero-order valence-electron chi connectivity index (χ0n) is 9.37. The van der Waals surface area contributed by atoms with Crippen LogP contribution in [0.15, 0.2) is 16.7 Å². The van der Waals surface area contributed by atoms with Gasteiger partial charge in [0.25, 0.3) is 5.88 Å². The molecule has 0 saturated heterocycles. The lowest BCUT2D eigenvalue weighted by Gasteiger charge is -2.08. The zero-order valence-corrected chi connectivity index (χ0v) is 11.0. The van der Waals surface area contributed by atoms with Crippen LogP contribution in [-0.4, -0.2) is 24.8 Å². The molecule has 1 aromatic heterocycles. The number of halogens is 2. The van der Waals surface area contributed by atoms with Crippen LogP contribution in [0.5, 0.6) is 5.88 Å². The fraction of sp³-hybridized carbons (Fsp3) is 0.545. The number of aromatic nitrogens is 1. The van der Waals surface area contributed by atoms with E-state index in [4.69, 9.17) is 9.47 Å². The van der Waals surface area contributed by atoms with E-state index in [1.165, 1.54) is 12.3 Å². The third-order valence-corrected chi connectivity index (χ3v) is 2.13. The summed E-state index contributed by atoms with van der Waals surface area (Å²) in [5.41, 5.74) is 0. The summed E-state index contributed by atoms with van der Waals surface area (Å²) >= 11 is 3.12. The lowest BCUT2D eigenvalue weighted by Crippen LogP contribution is -2.11. The van der Waals surface area contributed by atoms with E-state index < -0.39 is 5.82 Å². The molecule has 1 rings (SSSR count). The summed E-state index contributed by atoms with van der Waals surface area (Å²) in [7, 11) is 0. The molecule has 0 atom stereocenters. The standard InChI is InChI=1S/C11H15BrFNO2/c1-8(2)7-15-3-4-16-11-10(13)5-9(12)6-14-11/h5-6,8H,3-4,7H2,1-2H3. The first-order valence-corrected chi connectivity index (χ1v) is 5.90. The molecule has 16 heavy (non-hydrogen) atoms. The summed E-state index contributed by atoms with van der Waals surface area (Å²) in [6.07, 6.45) is 1.49. The third-order valence-electron chi connectivity index (χ3n) is 1.69. The molecular weight excluding hydrogens is 277 g/mol. The minimum absolute atomic E-state index is 0.0105. The Balaban J connectivity index is 2.27. The maximum atomic E-state index is 13.2. The summed E-state index contributed by atoms with van der Waals surface area (Å²) < 4.78 is 24.3. The van der Waals surface area contributed by atoms with E-state index in [2.05, 4.69) is 34.8 Å². The summed E-state index contributed by atoms with van der Waals surface area (Å²) in [5, 5.41) is 0. The normalized spacial score (nSPS) is 10.8. The molecule has 0 aliphatic carbocycles. The van der Waals surface area contributed by atoms with Crippen molar-refractivity contribution < 1.29 is 13.9 Å². The maximum Gasteiger partial charge on any atom is 0.250 e. The molecule has 0 spiro atoms. The third kappa shape index (κ3) is 4.90. The van der Waals surface area contributed by atoms with Gasteiger partial charge in [-0.3, -0.25) is 0 Å². The molecule has 0 saturated carbocycles. The van der Waals surface area contributed by atoms with Crippen LogP contribution in [0.3, 0.4) is 0 Å². The Morgan fingerprint density at radius 3 is 2.81 bits per heavy atom. The SMILES string of the molecule is CC(C)COCCOc1ncc(Br)cc1F. The highest BCUT2D eigenvalue weighted by atomic mass is 79.9. The lowest BCUT2D eigenvalue weighted by molar-refractivity contribution is 0.0793. The Kier molecular flexibility index (Phi) is 5.69. The predicted molar refractivity (Wildman–Crippen MR) is 63.0 cm³/mol. The second-order valence-electron chi connectivity index (χ2n) is 3.76. The summed E-state index contributed by atoms with van der Waals surface area (Å²) in [6, 6.07) is 1.32. The second kappa shape index (κ2) is 6.81. The van der Waals surface area contributed by atoms with Crippen LogP contribution in [0, 0.1) is 11.7 Å². The number of rotatable bonds is 6. The fourth-order valence-electron chi connectivity index (χ4n) is 1.02. The van der Waals surface area contributed by atoms with Crippen molar-refractivity contribution in [1.82, 2.24) is 4.98 Å². The minimum Gasteiger partial charge on any atom is -0.473 e. The van der Waals surface area contributed by atoms with E-state index in [0.29, 0.717) is 30.2 Å². The van der Waals surface area contributed by atoms with Gasteiger partial charge in [0, 0.05) is 17.3 Å². The first-order chi connectivity index (χ1) is 7.59. The average molecular weight is 292 g/mol. The van der Waals surface area contributed by atoms with Gasteiger partial charge >= 0.3 is 0 Å². The molecule has 1 aromatic rings. The van der Waals surface area contributed by atoms with E-state index in [1.54, 1.807) is 0 Å². The molecule has 0 unspecified atom stereocenters. The van der Waals surface area contributed by atoms with Crippen molar-refractivity contribution in [1.29, 1.82) is 0 Å². The van der Waals surface area contributed by atoms with Gasteiger partial charge in [-0.1, -0.05) is 13.8 Å². The van der Waals surface area contributed by atoms with E-state index in [1.807, 2.05) is 0 Å². The van der Waals surface area contributed by atoms with Crippen molar-refractivity contribution in [2.75, 3.05) is 19.8 Å². The average Bonchev–Trinajstić information content (AvgIpc) is 2.20. The fourth-order valence-corrected chi connectivity index (χ4v) is 1.33. The molecule has 0 aliphatic heterocycles. The highest BCUT2D eigenvalue weighted by molar-refractivity contribution is 9.10.